The summed E-state index contributed by atoms with van der Waals surface area (Å²) in [6.45, 7) is 0. The molecule has 0 saturated carbocycles. The third-order valence-electron chi connectivity index (χ3n) is 10.9. The molecular weight excluding hydrogens is 1060 g/mol. The maximum absolute atomic E-state index is 13.5. The van der Waals surface area contributed by atoms with E-state index in [1.807, 2.05) is 0 Å². The lowest BCUT2D eigenvalue weighted by Gasteiger charge is -2.14. The van der Waals surface area contributed by atoms with Crippen molar-refractivity contribution in [2.24, 2.45) is 14.1 Å². The van der Waals surface area contributed by atoms with Gasteiger partial charge in [0, 0.05) is 60.4 Å². The van der Waals surface area contributed by atoms with Crippen LogP contribution in [0.5, 0.6) is 0 Å². The van der Waals surface area contributed by atoms with Gasteiger partial charge in [-0.25, -0.2) is 4.79 Å². The zero-order chi connectivity index (χ0) is 53.8. The van der Waals surface area contributed by atoms with Gasteiger partial charge in [0.05, 0.1) is 34.1 Å². The maximum Gasteiger partial charge on any atom is 0.323 e. The average Bonchev–Trinajstić information content (AvgIpc) is 4.12. The molecule has 384 valence electrons. The summed E-state index contributed by atoms with van der Waals surface area (Å²) < 4.78 is 139. The lowest BCUT2D eigenvalue weighted by molar-refractivity contribution is 0.101. The van der Waals surface area contributed by atoms with Gasteiger partial charge >= 0.3 is 6.03 Å². The minimum atomic E-state index is -4.97. The molecule has 0 saturated heterocycles. The van der Waals surface area contributed by atoms with Gasteiger partial charge in [-0.15, -0.1) is 0 Å². The molecule has 0 aliphatic carbocycles. The molecular formula is C43H36N10O17S4. The monoisotopic (exact) mass is 1090 g/mol. The van der Waals surface area contributed by atoms with Crippen molar-refractivity contribution >= 4 is 126 Å². The molecule has 27 nitrogen and oxygen atoms in total. The fourth-order valence-electron chi connectivity index (χ4n) is 7.76. The van der Waals surface area contributed by atoms with Crippen LogP contribution in [0.1, 0.15) is 42.0 Å². The number of amides is 6. The van der Waals surface area contributed by atoms with Crippen molar-refractivity contribution in [1.29, 1.82) is 0 Å². The molecule has 0 aliphatic rings. The number of nitrogens with one attached hydrogen (secondary N) is 8. The molecule has 74 heavy (non-hydrogen) atoms. The summed E-state index contributed by atoms with van der Waals surface area (Å²) in [5.74, 6) is -3.15. The van der Waals surface area contributed by atoms with Crippen LogP contribution in [0.2, 0.25) is 0 Å². The van der Waals surface area contributed by atoms with Crippen molar-refractivity contribution in [3.8, 4) is 0 Å². The third kappa shape index (κ3) is 10.7. The first-order chi connectivity index (χ1) is 34.6. The Morgan fingerprint density at radius 1 is 0.432 bits per heavy atom. The van der Waals surface area contributed by atoms with Crippen molar-refractivity contribution in [2.75, 3.05) is 31.9 Å². The summed E-state index contributed by atoms with van der Waals surface area (Å²) in [5, 5.41) is 13.7. The van der Waals surface area contributed by atoms with E-state index in [4.69, 9.17) is 0 Å². The first-order valence-corrected chi connectivity index (χ1v) is 26.4. The van der Waals surface area contributed by atoms with Crippen molar-refractivity contribution in [3.63, 3.8) is 0 Å². The number of aromatic nitrogens is 4. The molecule has 8 aromatic rings. The Morgan fingerprint density at radius 2 is 0.797 bits per heavy atom. The molecule has 12 N–H and O–H groups in total. The van der Waals surface area contributed by atoms with E-state index in [-0.39, 0.29) is 67.7 Å². The Balaban J connectivity index is 0.875. The number of urea groups is 1. The summed E-state index contributed by atoms with van der Waals surface area (Å²) in [4.78, 5) is 68.7. The van der Waals surface area contributed by atoms with Crippen LogP contribution in [-0.4, -0.2) is 101 Å². The molecule has 8 rings (SSSR count). The number of benzene rings is 4. The zero-order valence-electron chi connectivity index (χ0n) is 37.5. The SMILES string of the molecule is Cn1cc(NC(=O)c2cc(NC(=O)Nc3c[nH]c(C(=O)Nc4cc(C(=O)Nc5ccc(S(=O)(=O)O)c6cccc(S(=O)(=O)O)c56)n(C)c4)c3)c[nH]2)cc1C(=O)Nc1ccc(S(=O)(=O)O)c2cccc(S(=O)(=O)O)c12. The lowest BCUT2D eigenvalue weighted by Crippen LogP contribution is -2.18. The Hall–Kier alpha value is -8.69. The van der Waals surface area contributed by atoms with Crippen LogP contribution >= 0.6 is 0 Å². The molecule has 4 heterocycles. The van der Waals surface area contributed by atoms with Crippen molar-refractivity contribution in [1.82, 2.24) is 19.1 Å². The predicted octanol–water partition coefficient (Wildman–Crippen LogP) is 4.97. The van der Waals surface area contributed by atoms with Crippen molar-refractivity contribution < 1.29 is 75.9 Å². The molecule has 0 fully saturated rings. The Morgan fingerprint density at radius 3 is 1.15 bits per heavy atom. The van der Waals surface area contributed by atoms with Gasteiger partial charge in [-0.2, -0.15) is 33.7 Å². The highest BCUT2D eigenvalue weighted by molar-refractivity contribution is 7.87. The lowest BCUT2D eigenvalue weighted by atomic mass is 10.1. The summed E-state index contributed by atoms with van der Waals surface area (Å²) in [7, 11) is -16.8. The molecule has 6 amide bonds. The fourth-order valence-corrected chi connectivity index (χ4v) is 10.6. The van der Waals surface area contributed by atoms with Gasteiger partial charge in [-0.05, 0) is 60.7 Å². The minimum absolute atomic E-state index is 0.0467. The number of anilines is 6. The number of nitrogens with zero attached hydrogens (tertiary/aromatic N) is 2. The van der Waals surface area contributed by atoms with Gasteiger partial charge < -0.3 is 51.0 Å². The second-order valence-corrected chi connectivity index (χ2v) is 21.5. The molecule has 0 aliphatic heterocycles. The predicted molar refractivity (Wildman–Crippen MR) is 264 cm³/mol. The Kier molecular flexibility index (Phi) is 13.3. The van der Waals surface area contributed by atoms with Gasteiger partial charge in [-0.1, -0.05) is 24.3 Å². The van der Waals surface area contributed by atoms with Crippen LogP contribution in [0.3, 0.4) is 0 Å². The maximum atomic E-state index is 13.5. The topological polar surface area (TPSA) is 416 Å². The van der Waals surface area contributed by atoms with Crippen LogP contribution in [0.15, 0.2) is 129 Å². The standard InChI is InChI=1S/C43H36N10O17S4/c1-52-19-23(15-31(52)41(56)50-27-9-11-33(71(59,60)61)25-5-3-7-35(37(25)27)73(65,66)67)46-39(54)29-13-21(17-44-29)48-43(58)49-22-14-30(45-18-22)40(55)47-24-16-32(53(2)20-24)42(57)51-28-10-12-34(72(62,63)64)26-6-4-8-36(38(26)28)74(68,69)70/h3-20,44-45H,1-2H3,(H,46,54)(H,47,55)(H,50,56)(H,51,57)(H2,48,49,58)(H,59,60,61)(H,62,63,64)(H,65,66,67)(H,68,69,70). The number of aryl methyl sites for hydroxylation is 2. The Labute approximate surface area is 417 Å². The summed E-state index contributed by atoms with van der Waals surface area (Å²) in [6.07, 6.45) is 5.31. The first kappa shape index (κ1) is 51.7. The summed E-state index contributed by atoms with van der Waals surface area (Å²) in [6, 6.07) is 14.7. The van der Waals surface area contributed by atoms with Gasteiger partial charge in [0.1, 0.15) is 42.4 Å². The second kappa shape index (κ2) is 19.1. The van der Waals surface area contributed by atoms with Crippen LogP contribution in [-0.2, 0) is 54.6 Å². The van der Waals surface area contributed by atoms with Crippen LogP contribution < -0.4 is 31.9 Å². The highest BCUT2D eigenvalue weighted by atomic mass is 32.2. The molecule has 0 bridgehead atoms. The smallest absolute Gasteiger partial charge is 0.323 e. The highest BCUT2D eigenvalue weighted by Gasteiger charge is 2.27. The number of carbonyl (C=O) groups is 5. The van der Waals surface area contributed by atoms with Gasteiger partial charge in [-0.3, -0.25) is 37.4 Å². The van der Waals surface area contributed by atoms with E-state index in [1.54, 1.807) is 0 Å². The summed E-state index contributed by atoms with van der Waals surface area (Å²) >= 11 is 0. The fraction of sp³-hybridized carbons (Fsp3) is 0.0465. The third-order valence-corrected chi connectivity index (χ3v) is 14.5. The van der Waals surface area contributed by atoms with Crippen molar-refractivity contribution in [3.05, 3.63) is 132 Å². The quantitative estimate of drug-likeness (QED) is 0.0640. The number of H-pyrrole nitrogens is 2. The molecule has 4 aromatic heterocycles. The molecule has 0 spiro atoms. The number of aromatic amines is 2. The zero-order valence-corrected chi connectivity index (χ0v) is 40.8. The van der Waals surface area contributed by atoms with E-state index in [2.05, 4.69) is 41.9 Å². The number of hydrogen-bond acceptors (Lipinski definition) is 13. The second-order valence-electron chi connectivity index (χ2n) is 15.9. The minimum Gasteiger partial charge on any atom is -0.355 e. The number of fused-ring (bicyclic) bond motifs is 2. The molecule has 4 aromatic carbocycles. The molecule has 0 radical (unpaired) electrons. The van der Waals surface area contributed by atoms with E-state index in [0.717, 1.165) is 48.5 Å². The Bertz CT molecular complexity index is 3910. The average molecular weight is 1090 g/mol. The van der Waals surface area contributed by atoms with E-state index in [0.29, 0.717) is 0 Å². The molecule has 0 atom stereocenters. The van der Waals surface area contributed by atoms with Gasteiger partial charge in [0.15, 0.2) is 0 Å². The van der Waals surface area contributed by atoms with Crippen LogP contribution in [0, 0.1) is 0 Å². The largest absolute Gasteiger partial charge is 0.355 e. The number of rotatable bonds is 14. The highest BCUT2D eigenvalue weighted by Crippen LogP contribution is 2.37. The number of carbonyl (C=O) groups excluding carboxylic acids is 5. The van der Waals surface area contributed by atoms with E-state index in [1.165, 1.54) is 84.4 Å². The normalized spacial score (nSPS) is 12.1. The van der Waals surface area contributed by atoms with Crippen LogP contribution in [0.25, 0.3) is 21.5 Å². The number of hydrogen-bond donors (Lipinski definition) is 12. The van der Waals surface area contributed by atoms with E-state index >= 15 is 0 Å². The van der Waals surface area contributed by atoms with Gasteiger partial charge in [0.2, 0.25) is 0 Å². The van der Waals surface area contributed by atoms with Crippen molar-refractivity contribution in [2.45, 2.75) is 19.6 Å². The molecule has 31 heteroatoms. The summed E-state index contributed by atoms with van der Waals surface area (Å²) in [5.41, 5.74) is -0.267. The van der Waals surface area contributed by atoms with Crippen LogP contribution in [0.4, 0.5) is 38.9 Å². The molecule has 0 unspecified atom stereocenters. The van der Waals surface area contributed by atoms with E-state index in [9.17, 15) is 75.9 Å². The van der Waals surface area contributed by atoms with E-state index < -0.39 is 100 Å². The van der Waals surface area contributed by atoms with Gasteiger partial charge in [0.25, 0.3) is 64.1 Å². The first-order valence-electron chi connectivity index (χ1n) is 20.6.